The fraction of sp³-hybridized carbons (Fsp3) is 0.562. The Hall–Kier alpha value is -1.11. The molecule has 0 aromatic heterocycles. The first kappa shape index (κ1) is 18.2. The highest BCUT2D eigenvalue weighted by Gasteiger charge is 2.28. The average molecular weight is 359 g/mol. The number of hydrogen-bond acceptors (Lipinski definition) is 3. The molecular formula is C16H23ClN2O3S. The van der Waals surface area contributed by atoms with E-state index in [1.807, 2.05) is 13.8 Å². The summed E-state index contributed by atoms with van der Waals surface area (Å²) in [6.07, 6.45) is 1.74. The maximum Gasteiger partial charge on any atom is 0.255 e. The number of rotatable bonds is 5. The van der Waals surface area contributed by atoms with Crippen LogP contribution >= 0.6 is 11.6 Å². The van der Waals surface area contributed by atoms with Gasteiger partial charge in [0.2, 0.25) is 10.0 Å². The van der Waals surface area contributed by atoms with Crippen molar-refractivity contribution >= 4 is 27.5 Å². The van der Waals surface area contributed by atoms with Crippen LogP contribution in [0, 0.1) is 5.92 Å². The largest absolute Gasteiger partial charge is 0.341 e. The molecule has 1 heterocycles. The highest BCUT2D eigenvalue weighted by Crippen LogP contribution is 2.26. The van der Waals surface area contributed by atoms with Gasteiger partial charge in [-0.15, -0.1) is 0 Å². The maximum atomic E-state index is 12.6. The van der Waals surface area contributed by atoms with Gasteiger partial charge in [-0.2, -0.15) is 4.31 Å². The minimum absolute atomic E-state index is 0.130. The zero-order valence-corrected chi connectivity index (χ0v) is 15.3. The molecule has 23 heavy (non-hydrogen) atoms. The lowest BCUT2D eigenvalue weighted by Gasteiger charge is -2.21. The van der Waals surface area contributed by atoms with E-state index < -0.39 is 10.0 Å². The smallest absolute Gasteiger partial charge is 0.255 e. The molecule has 0 saturated carbocycles. The van der Waals surface area contributed by atoms with Crippen molar-refractivity contribution in [2.75, 3.05) is 26.7 Å². The molecule has 128 valence electrons. The Bertz CT molecular complexity index is 683. The minimum atomic E-state index is -3.56. The van der Waals surface area contributed by atoms with Crippen LogP contribution in [0.4, 0.5) is 0 Å². The van der Waals surface area contributed by atoms with Crippen LogP contribution in [0.25, 0.3) is 0 Å². The molecule has 1 aromatic carbocycles. The first-order valence-electron chi connectivity index (χ1n) is 7.78. The van der Waals surface area contributed by atoms with Gasteiger partial charge in [-0.1, -0.05) is 25.4 Å². The maximum absolute atomic E-state index is 12.6. The van der Waals surface area contributed by atoms with E-state index in [9.17, 15) is 13.2 Å². The second kappa shape index (κ2) is 7.20. The molecule has 0 aliphatic carbocycles. The van der Waals surface area contributed by atoms with Crippen molar-refractivity contribution in [1.29, 1.82) is 0 Å². The van der Waals surface area contributed by atoms with E-state index in [1.54, 1.807) is 11.9 Å². The summed E-state index contributed by atoms with van der Waals surface area (Å²) in [7, 11) is -1.86. The van der Waals surface area contributed by atoms with Crippen LogP contribution in [-0.4, -0.2) is 50.2 Å². The Kier molecular flexibility index (Phi) is 5.70. The van der Waals surface area contributed by atoms with Gasteiger partial charge in [0, 0.05) is 26.7 Å². The summed E-state index contributed by atoms with van der Waals surface area (Å²) >= 11 is 6.13. The lowest BCUT2D eigenvalue weighted by Crippen LogP contribution is -2.31. The fourth-order valence-corrected chi connectivity index (χ4v) is 4.48. The molecule has 1 amide bonds. The van der Waals surface area contributed by atoms with Crippen LogP contribution in [0.5, 0.6) is 0 Å². The van der Waals surface area contributed by atoms with Crippen LogP contribution < -0.4 is 0 Å². The predicted octanol–water partition coefficient (Wildman–Crippen LogP) is 2.85. The molecule has 0 spiro atoms. The SMILES string of the molecule is CC(C)CN(C)C(=O)c1cc(S(=O)(=O)N2CCCC2)ccc1Cl. The Balaban J connectivity index is 2.34. The zero-order chi connectivity index (χ0) is 17.2. The molecule has 0 atom stereocenters. The Morgan fingerprint density at radius 2 is 1.91 bits per heavy atom. The van der Waals surface area contributed by atoms with Crippen molar-refractivity contribution in [2.45, 2.75) is 31.6 Å². The van der Waals surface area contributed by atoms with Crippen molar-refractivity contribution in [3.8, 4) is 0 Å². The average Bonchev–Trinajstić information content (AvgIpc) is 3.01. The number of nitrogens with zero attached hydrogens (tertiary/aromatic N) is 2. The van der Waals surface area contributed by atoms with Crippen molar-refractivity contribution in [1.82, 2.24) is 9.21 Å². The topological polar surface area (TPSA) is 57.7 Å². The van der Waals surface area contributed by atoms with E-state index in [-0.39, 0.29) is 21.4 Å². The Labute approximate surface area is 143 Å². The second-order valence-electron chi connectivity index (χ2n) is 6.33. The summed E-state index contributed by atoms with van der Waals surface area (Å²) in [5.41, 5.74) is 0.232. The highest BCUT2D eigenvalue weighted by molar-refractivity contribution is 7.89. The molecule has 1 aliphatic rings. The first-order valence-corrected chi connectivity index (χ1v) is 9.60. The molecular weight excluding hydrogens is 336 g/mol. The van der Waals surface area contributed by atoms with Gasteiger partial charge in [0.1, 0.15) is 0 Å². The van der Waals surface area contributed by atoms with Gasteiger partial charge >= 0.3 is 0 Å². The number of carbonyl (C=O) groups is 1. The van der Waals surface area contributed by atoms with E-state index in [1.165, 1.54) is 22.5 Å². The summed E-state index contributed by atoms with van der Waals surface area (Å²) in [6, 6.07) is 4.35. The fourth-order valence-electron chi connectivity index (χ4n) is 2.74. The molecule has 1 fully saturated rings. The predicted molar refractivity (Wildman–Crippen MR) is 91.2 cm³/mol. The molecule has 2 rings (SSSR count). The van der Waals surface area contributed by atoms with E-state index in [2.05, 4.69) is 0 Å². The van der Waals surface area contributed by atoms with Gasteiger partial charge in [0.05, 0.1) is 15.5 Å². The normalized spacial score (nSPS) is 16.0. The van der Waals surface area contributed by atoms with Crippen LogP contribution in [0.2, 0.25) is 5.02 Å². The molecule has 1 aliphatic heterocycles. The summed E-state index contributed by atoms with van der Waals surface area (Å²) in [5, 5.41) is 0.269. The van der Waals surface area contributed by atoms with Crippen LogP contribution in [0.1, 0.15) is 37.0 Å². The van der Waals surface area contributed by atoms with Crippen LogP contribution in [0.3, 0.4) is 0 Å². The van der Waals surface area contributed by atoms with Crippen molar-refractivity contribution < 1.29 is 13.2 Å². The van der Waals surface area contributed by atoms with Crippen molar-refractivity contribution in [2.24, 2.45) is 5.92 Å². The standard InChI is InChI=1S/C16H23ClN2O3S/c1-12(2)11-18(3)16(20)14-10-13(6-7-15(14)17)23(21,22)19-8-4-5-9-19/h6-7,10,12H,4-5,8-9,11H2,1-3H3. The Morgan fingerprint density at radius 3 is 2.48 bits per heavy atom. The summed E-state index contributed by atoms with van der Waals surface area (Å²) in [5.74, 6) is 0.0569. The molecule has 1 aromatic rings. The van der Waals surface area contributed by atoms with Gasteiger partial charge < -0.3 is 4.90 Å². The minimum Gasteiger partial charge on any atom is -0.341 e. The molecule has 0 radical (unpaired) electrons. The lowest BCUT2D eigenvalue weighted by molar-refractivity contribution is 0.0779. The summed E-state index contributed by atoms with van der Waals surface area (Å²) in [4.78, 5) is 14.2. The number of sulfonamides is 1. The van der Waals surface area contributed by atoms with Crippen molar-refractivity contribution in [3.63, 3.8) is 0 Å². The monoisotopic (exact) mass is 358 g/mol. The quantitative estimate of drug-likeness (QED) is 0.813. The molecule has 1 saturated heterocycles. The van der Waals surface area contributed by atoms with Crippen molar-refractivity contribution in [3.05, 3.63) is 28.8 Å². The molecule has 5 nitrogen and oxygen atoms in total. The third-order valence-corrected chi connectivity index (χ3v) is 6.08. The number of carbonyl (C=O) groups excluding carboxylic acids is 1. The second-order valence-corrected chi connectivity index (χ2v) is 8.68. The van der Waals surface area contributed by atoms with Gasteiger partial charge in [-0.05, 0) is 37.0 Å². The molecule has 7 heteroatoms. The lowest BCUT2D eigenvalue weighted by atomic mass is 10.1. The van der Waals surface area contributed by atoms with E-state index in [0.717, 1.165) is 12.8 Å². The Morgan fingerprint density at radius 1 is 1.30 bits per heavy atom. The number of benzene rings is 1. The van der Waals surface area contributed by atoms with Gasteiger partial charge in [-0.25, -0.2) is 8.42 Å². The molecule has 0 unspecified atom stereocenters. The van der Waals surface area contributed by atoms with E-state index >= 15 is 0 Å². The van der Waals surface area contributed by atoms with Crippen LogP contribution in [0.15, 0.2) is 23.1 Å². The number of amides is 1. The number of hydrogen-bond donors (Lipinski definition) is 0. The molecule has 0 bridgehead atoms. The summed E-state index contributed by atoms with van der Waals surface area (Å²) in [6.45, 7) is 5.67. The van der Waals surface area contributed by atoms with E-state index in [4.69, 9.17) is 11.6 Å². The van der Waals surface area contributed by atoms with E-state index in [0.29, 0.717) is 25.6 Å². The van der Waals surface area contributed by atoms with Gasteiger partial charge in [-0.3, -0.25) is 4.79 Å². The van der Waals surface area contributed by atoms with Gasteiger partial charge in [0.25, 0.3) is 5.91 Å². The zero-order valence-electron chi connectivity index (χ0n) is 13.8. The highest BCUT2D eigenvalue weighted by atomic mass is 35.5. The summed E-state index contributed by atoms with van der Waals surface area (Å²) < 4.78 is 26.7. The third-order valence-electron chi connectivity index (χ3n) is 3.86. The van der Waals surface area contributed by atoms with Crippen LogP contribution in [-0.2, 0) is 10.0 Å². The molecule has 0 N–H and O–H groups in total. The number of halogens is 1. The first-order chi connectivity index (χ1) is 10.7. The third kappa shape index (κ3) is 4.05. The van der Waals surface area contributed by atoms with Gasteiger partial charge in [0.15, 0.2) is 0 Å².